The molecule has 2 rings (SSSR count). The highest BCUT2D eigenvalue weighted by molar-refractivity contribution is 14.1. The SMILES string of the molecule is CC(C)OC(=O)c1ccc2cccc(I)c2n1. The molecule has 1 aromatic carbocycles. The number of rotatable bonds is 2. The summed E-state index contributed by atoms with van der Waals surface area (Å²) in [7, 11) is 0. The molecule has 1 heterocycles. The van der Waals surface area contributed by atoms with Gasteiger partial charge in [0.1, 0.15) is 5.69 Å². The van der Waals surface area contributed by atoms with E-state index in [1.807, 2.05) is 38.1 Å². The molecule has 0 unspecified atom stereocenters. The van der Waals surface area contributed by atoms with E-state index in [0.717, 1.165) is 14.5 Å². The van der Waals surface area contributed by atoms with Crippen LogP contribution in [0.4, 0.5) is 0 Å². The van der Waals surface area contributed by atoms with Crippen molar-refractivity contribution in [2.75, 3.05) is 0 Å². The maximum atomic E-state index is 11.7. The Morgan fingerprint density at radius 3 is 2.76 bits per heavy atom. The lowest BCUT2D eigenvalue weighted by Crippen LogP contribution is -2.13. The first-order valence-electron chi connectivity index (χ1n) is 5.34. The maximum Gasteiger partial charge on any atom is 0.357 e. The number of benzene rings is 1. The van der Waals surface area contributed by atoms with Gasteiger partial charge in [0.15, 0.2) is 0 Å². The summed E-state index contributed by atoms with van der Waals surface area (Å²) < 4.78 is 6.15. The zero-order valence-corrected chi connectivity index (χ0v) is 11.8. The second-order valence-electron chi connectivity index (χ2n) is 3.96. The van der Waals surface area contributed by atoms with Crippen molar-refractivity contribution in [1.29, 1.82) is 0 Å². The highest BCUT2D eigenvalue weighted by Crippen LogP contribution is 2.19. The summed E-state index contributed by atoms with van der Waals surface area (Å²) in [5, 5.41) is 1.03. The van der Waals surface area contributed by atoms with Crippen molar-refractivity contribution >= 4 is 39.5 Å². The Morgan fingerprint density at radius 2 is 2.06 bits per heavy atom. The minimum absolute atomic E-state index is 0.130. The van der Waals surface area contributed by atoms with Crippen LogP contribution in [0, 0.1) is 3.57 Å². The van der Waals surface area contributed by atoms with E-state index in [1.165, 1.54) is 0 Å². The van der Waals surface area contributed by atoms with Gasteiger partial charge in [-0.25, -0.2) is 9.78 Å². The molecule has 0 atom stereocenters. The number of carbonyl (C=O) groups excluding carboxylic acids is 1. The van der Waals surface area contributed by atoms with Crippen LogP contribution in [0.3, 0.4) is 0 Å². The quantitative estimate of drug-likeness (QED) is 0.621. The molecular formula is C13H12INO2. The average molecular weight is 341 g/mol. The van der Waals surface area contributed by atoms with Crippen LogP contribution >= 0.6 is 22.6 Å². The number of pyridine rings is 1. The number of esters is 1. The molecule has 0 bridgehead atoms. The summed E-state index contributed by atoms with van der Waals surface area (Å²) in [5.74, 6) is -0.374. The molecule has 4 heteroatoms. The summed E-state index contributed by atoms with van der Waals surface area (Å²) in [4.78, 5) is 16.1. The zero-order valence-electron chi connectivity index (χ0n) is 9.61. The zero-order chi connectivity index (χ0) is 12.4. The monoisotopic (exact) mass is 341 g/mol. The van der Waals surface area contributed by atoms with E-state index in [2.05, 4.69) is 27.6 Å². The fourth-order valence-electron chi connectivity index (χ4n) is 1.50. The predicted molar refractivity (Wildman–Crippen MR) is 75.0 cm³/mol. The molecule has 3 nitrogen and oxygen atoms in total. The summed E-state index contributed by atoms with van der Waals surface area (Å²) >= 11 is 2.21. The standard InChI is InChI=1S/C13H12INO2/c1-8(2)17-13(16)11-7-6-9-4-3-5-10(14)12(9)15-11/h3-8H,1-2H3. The van der Waals surface area contributed by atoms with E-state index in [4.69, 9.17) is 4.74 Å². The molecule has 0 aliphatic rings. The van der Waals surface area contributed by atoms with E-state index in [1.54, 1.807) is 6.07 Å². The van der Waals surface area contributed by atoms with E-state index in [9.17, 15) is 4.79 Å². The smallest absolute Gasteiger partial charge is 0.357 e. The van der Waals surface area contributed by atoms with E-state index < -0.39 is 0 Å². The number of aromatic nitrogens is 1. The van der Waals surface area contributed by atoms with Crippen molar-refractivity contribution < 1.29 is 9.53 Å². The first-order chi connectivity index (χ1) is 8.08. The van der Waals surface area contributed by atoms with Gasteiger partial charge in [0.25, 0.3) is 0 Å². The molecule has 17 heavy (non-hydrogen) atoms. The van der Waals surface area contributed by atoms with Crippen molar-refractivity contribution in [2.45, 2.75) is 20.0 Å². The molecule has 0 N–H and O–H groups in total. The molecule has 1 aromatic heterocycles. The Hall–Kier alpha value is -1.17. The van der Waals surface area contributed by atoms with Crippen molar-refractivity contribution in [1.82, 2.24) is 4.98 Å². The van der Waals surface area contributed by atoms with E-state index in [0.29, 0.717) is 5.69 Å². The third-order valence-electron chi connectivity index (χ3n) is 2.22. The topological polar surface area (TPSA) is 39.2 Å². The van der Waals surface area contributed by atoms with Gasteiger partial charge in [-0.3, -0.25) is 0 Å². The van der Waals surface area contributed by atoms with Crippen LogP contribution in [0.5, 0.6) is 0 Å². The molecule has 0 aliphatic carbocycles. The highest BCUT2D eigenvalue weighted by atomic mass is 127. The third-order valence-corrected chi connectivity index (χ3v) is 3.09. The number of halogens is 1. The molecule has 0 spiro atoms. The van der Waals surface area contributed by atoms with E-state index in [-0.39, 0.29) is 12.1 Å². The van der Waals surface area contributed by atoms with Crippen LogP contribution in [-0.2, 0) is 4.74 Å². The maximum absolute atomic E-state index is 11.7. The number of carbonyl (C=O) groups is 1. The van der Waals surface area contributed by atoms with Crippen LogP contribution in [-0.4, -0.2) is 17.1 Å². The van der Waals surface area contributed by atoms with Gasteiger partial charge >= 0.3 is 5.97 Å². The summed E-state index contributed by atoms with van der Waals surface area (Å²) in [6, 6.07) is 9.50. The normalized spacial score (nSPS) is 10.8. The fraction of sp³-hybridized carbons (Fsp3) is 0.231. The van der Waals surface area contributed by atoms with Gasteiger partial charge in [-0.05, 0) is 48.6 Å². The second-order valence-corrected chi connectivity index (χ2v) is 5.12. The molecular weight excluding hydrogens is 329 g/mol. The third kappa shape index (κ3) is 2.74. The van der Waals surface area contributed by atoms with Gasteiger partial charge in [-0.2, -0.15) is 0 Å². The minimum atomic E-state index is -0.374. The summed E-state index contributed by atoms with van der Waals surface area (Å²) in [6.07, 6.45) is -0.130. The number of para-hydroxylation sites is 1. The van der Waals surface area contributed by atoms with Crippen molar-refractivity contribution in [2.24, 2.45) is 0 Å². The Morgan fingerprint density at radius 1 is 1.29 bits per heavy atom. The second kappa shape index (κ2) is 5.00. The van der Waals surface area contributed by atoms with Crippen LogP contribution in [0.2, 0.25) is 0 Å². The molecule has 0 radical (unpaired) electrons. The number of hydrogen-bond donors (Lipinski definition) is 0. The van der Waals surface area contributed by atoms with Crippen LogP contribution < -0.4 is 0 Å². The van der Waals surface area contributed by atoms with Crippen LogP contribution in [0.1, 0.15) is 24.3 Å². The summed E-state index contributed by atoms with van der Waals surface area (Å²) in [5.41, 5.74) is 1.20. The molecule has 0 saturated heterocycles. The molecule has 88 valence electrons. The Kier molecular flexibility index (Phi) is 3.61. The lowest BCUT2D eigenvalue weighted by Gasteiger charge is -2.08. The molecule has 0 aliphatic heterocycles. The summed E-state index contributed by atoms with van der Waals surface area (Å²) in [6.45, 7) is 3.64. The van der Waals surface area contributed by atoms with Gasteiger partial charge in [0, 0.05) is 8.96 Å². The van der Waals surface area contributed by atoms with Crippen molar-refractivity contribution in [3.63, 3.8) is 0 Å². The van der Waals surface area contributed by atoms with Gasteiger partial charge in [-0.1, -0.05) is 18.2 Å². The number of hydrogen-bond acceptors (Lipinski definition) is 3. The largest absolute Gasteiger partial charge is 0.458 e. The van der Waals surface area contributed by atoms with Crippen LogP contribution in [0.25, 0.3) is 10.9 Å². The lowest BCUT2D eigenvalue weighted by atomic mass is 10.2. The molecule has 0 fully saturated rings. The van der Waals surface area contributed by atoms with Crippen LogP contribution in [0.15, 0.2) is 30.3 Å². The van der Waals surface area contributed by atoms with Crippen molar-refractivity contribution in [3.8, 4) is 0 Å². The predicted octanol–water partition coefficient (Wildman–Crippen LogP) is 3.40. The molecule has 0 amide bonds. The average Bonchev–Trinajstić information content (AvgIpc) is 2.28. The Bertz CT molecular complexity index is 566. The Balaban J connectivity index is 2.44. The number of fused-ring (bicyclic) bond motifs is 1. The number of ether oxygens (including phenoxy) is 1. The molecule has 0 saturated carbocycles. The lowest BCUT2D eigenvalue weighted by molar-refractivity contribution is 0.0371. The van der Waals surface area contributed by atoms with E-state index >= 15 is 0 Å². The van der Waals surface area contributed by atoms with Gasteiger partial charge < -0.3 is 4.74 Å². The first-order valence-corrected chi connectivity index (χ1v) is 6.42. The first kappa shape index (κ1) is 12.3. The number of nitrogens with zero attached hydrogens (tertiary/aromatic N) is 1. The molecule has 2 aromatic rings. The van der Waals surface area contributed by atoms with Gasteiger partial charge in [0.2, 0.25) is 0 Å². The minimum Gasteiger partial charge on any atom is -0.458 e. The Labute approximate surface area is 113 Å². The highest BCUT2D eigenvalue weighted by Gasteiger charge is 2.12. The fourth-order valence-corrected chi connectivity index (χ4v) is 2.14. The van der Waals surface area contributed by atoms with Gasteiger partial charge in [0.05, 0.1) is 11.6 Å². The van der Waals surface area contributed by atoms with Crippen molar-refractivity contribution in [3.05, 3.63) is 39.6 Å². The van der Waals surface area contributed by atoms with Gasteiger partial charge in [-0.15, -0.1) is 0 Å².